The van der Waals surface area contributed by atoms with Crippen LogP contribution in [0.5, 0.6) is 0 Å². The molecule has 1 N–H and O–H groups in total. The number of carboxylic acids is 1. The van der Waals surface area contributed by atoms with Crippen molar-refractivity contribution in [3.05, 3.63) is 41.7 Å². The number of carbonyl (C=O) groups is 1. The summed E-state index contributed by atoms with van der Waals surface area (Å²) < 4.78 is 1.83. The van der Waals surface area contributed by atoms with Gasteiger partial charge in [0.25, 0.3) is 0 Å². The normalized spacial score (nSPS) is 20.1. The third-order valence-corrected chi connectivity index (χ3v) is 6.51. The number of aryl methyl sites for hydroxylation is 1. The Morgan fingerprint density at radius 3 is 2.67 bits per heavy atom. The van der Waals surface area contributed by atoms with Crippen molar-refractivity contribution in [3.63, 3.8) is 0 Å². The van der Waals surface area contributed by atoms with E-state index in [9.17, 15) is 9.90 Å². The summed E-state index contributed by atoms with van der Waals surface area (Å²) in [5, 5.41) is 23.2. The minimum Gasteiger partial charge on any atom is -0.481 e. The maximum absolute atomic E-state index is 11.3. The Hall–Kier alpha value is -2.15. The Morgan fingerprint density at radius 1 is 1.15 bits per heavy atom. The zero-order valence-electron chi connectivity index (χ0n) is 15.3. The van der Waals surface area contributed by atoms with E-state index in [4.69, 9.17) is 5.10 Å². The summed E-state index contributed by atoms with van der Waals surface area (Å²) >= 11 is 1.45. The second-order valence-electron chi connectivity index (χ2n) is 7.31. The summed E-state index contributed by atoms with van der Waals surface area (Å²) in [6, 6.07) is 9.81. The van der Waals surface area contributed by atoms with Crippen LogP contribution in [0, 0.1) is 5.92 Å². The van der Waals surface area contributed by atoms with Gasteiger partial charge >= 0.3 is 5.97 Å². The van der Waals surface area contributed by atoms with Gasteiger partial charge in [-0.3, -0.25) is 4.79 Å². The van der Waals surface area contributed by atoms with Gasteiger partial charge in [0.2, 0.25) is 5.16 Å². The van der Waals surface area contributed by atoms with Crippen molar-refractivity contribution < 1.29 is 9.90 Å². The highest BCUT2D eigenvalue weighted by Gasteiger charge is 2.30. The molecule has 2 aliphatic rings. The van der Waals surface area contributed by atoms with Crippen molar-refractivity contribution in [1.29, 1.82) is 0 Å². The molecule has 0 bridgehead atoms. The van der Waals surface area contributed by atoms with Gasteiger partial charge in [0.05, 0.1) is 17.4 Å². The summed E-state index contributed by atoms with van der Waals surface area (Å²) in [4.78, 5) is 11.3. The quantitative estimate of drug-likeness (QED) is 0.814. The molecule has 1 aliphatic carbocycles. The fourth-order valence-corrected chi connectivity index (χ4v) is 5.05. The number of carboxylic acid groups (broad SMARTS) is 1. The molecule has 1 atom stereocenters. The van der Waals surface area contributed by atoms with E-state index in [2.05, 4.69) is 10.2 Å². The summed E-state index contributed by atoms with van der Waals surface area (Å²) in [6.45, 7) is 0. The smallest absolute Gasteiger partial charge is 0.304 e. The van der Waals surface area contributed by atoms with Crippen LogP contribution in [-0.4, -0.2) is 36.9 Å². The van der Waals surface area contributed by atoms with Gasteiger partial charge in [-0.1, -0.05) is 74.2 Å². The predicted octanol–water partition coefficient (Wildman–Crippen LogP) is 3.99. The highest BCUT2D eigenvalue weighted by atomic mass is 32.2. The van der Waals surface area contributed by atoms with E-state index < -0.39 is 5.97 Å². The number of aromatic nitrogens is 3. The zero-order valence-corrected chi connectivity index (χ0v) is 16.1. The van der Waals surface area contributed by atoms with Gasteiger partial charge in [0.1, 0.15) is 0 Å². The summed E-state index contributed by atoms with van der Waals surface area (Å²) in [5.41, 5.74) is 1.74. The molecular weight excluding hydrogens is 360 g/mol. The molecule has 7 heteroatoms. The SMILES string of the molecule is O=C(O)C[C@H]1Sc2nnc(CCC3CCCCC3)n2N=C1c1ccccc1. The van der Waals surface area contributed by atoms with Crippen LogP contribution < -0.4 is 0 Å². The van der Waals surface area contributed by atoms with Crippen LogP contribution in [0.25, 0.3) is 0 Å². The average molecular weight is 385 g/mol. The van der Waals surface area contributed by atoms with Crippen LogP contribution in [0.3, 0.4) is 0 Å². The van der Waals surface area contributed by atoms with Crippen LogP contribution >= 0.6 is 11.8 Å². The fourth-order valence-electron chi connectivity index (χ4n) is 3.94. The Kier molecular flexibility index (Phi) is 5.57. The van der Waals surface area contributed by atoms with Crippen molar-refractivity contribution in [1.82, 2.24) is 14.9 Å². The average Bonchev–Trinajstić information content (AvgIpc) is 3.08. The first-order chi connectivity index (χ1) is 13.2. The van der Waals surface area contributed by atoms with Crippen LogP contribution in [0.1, 0.15) is 56.3 Å². The second kappa shape index (κ2) is 8.25. The number of hydrogen-bond donors (Lipinski definition) is 1. The van der Waals surface area contributed by atoms with Crippen molar-refractivity contribution in [2.24, 2.45) is 11.0 Å². The van der Waals surface area contributed by atoms with Gasteiger partial charge in [-0.05, 0) is 17.9 Å². The number of fused-ring (bicyclic) bond motifs is 1. The van der Waals surface area contributed by atoms with E-state index in [0.29, 0.717) is 5.16 Å². The highest BCUT2D eigenvalue weighted by molar-refractivity contribution is 8.00. The molecule has 1 saturated carbocycles. The molecule has 2 heterocycles. The van der Waals surface area contributed by atoms with Crippen LogP contribution in [-0.2, 0) is 11.2 Å². The van der Waals surface area contributed by atoms with Crippen LogP contribution in [0.15, 0.2) is 40.6 Å². The predicted molar refractivity (Wildman–Crippen MR) is 105 cm³/mol. The lowest BCUT2D eigenvalue weighted by molar-refractivity contribution is -0.136. The maximum Gasteiger partial charge on any atom is 0.304 e. The number of aliphatic carboxylic acids is 1. The molecule has 1 aromatic heterocycles. The van der Waals surface area contributed by atoms with Gasteiger partial charge in [-0.25, -0.2) is 0 Å². The van der Waals surface area contributed by atoms with Gasteiger partial charge in [0, 0.05) is 6.42 Å². The van der Waals surface area contributed by atoms with Gasteiger partial charge in [-0.15, -0.1) is 10.2 Å². The molecule has 2 aromatic rings. The Labute approximate surface area is 163 Å². The summed E-state index contributed by atoms with van der Waals surface area (Å²) in [5.74, 6) is 0.826. The molecule has 27 heavy (non-hydrogen) atoms. The lowest BCUT2D eigenvalue weighted by Gasteiger charge is -2.23. The molecule has 0 unspecified atom stereocenters. The maximum atomic E-state index is 11.3. The first kappa shape index (κ1) is 18.2. The minimum absolute atomic E-state index is 0.0165. The first-order valence-electron chi connectivity index (χ1n) is 9.68. The van der Waals surface area contributed by atoms with E-state index in [1.807, 2.05) is 35.0 Å². The number of hydrogen-bond acceptors (Lipinski definition) is 5. The minimum atomic E-state index is -0.832. The third-order valence-electron chi connectivity index (χ3n) is 5.37. The molecule has 1 aromatic carbocycles. The first-order valence-corrected chi connectivity index (χ1v) is 10.6. The number of thioether (sulfide) groups is 1. The molecule has 0 spiro atoms. The monoisotopic (exact) mass is 384 g/mol. The van der Waals surface area contributed by atoms with Gasteiger partial charge in [0.15, 0.2) is 5.82 Å². The Balaban J connectivity index is 1.59. The third kappa shape index (κ3) is 4.24. The van der Waals surface area contributed by atoms with Crippen molar-refractivity contribution >= 4 is 23.4 Å². The number of nitrogens with zero attached hydrogens (tertiary/aromatic N) is 4. The highest BCUT2D eigenvalue weighted by Crippen LogP contribution is 2.33. The fraction of sp³-hybridized carbons (Fsp3) is 0.500. The zero-order chi connectivity index (χ0) is 18.6. The molecule has 0 amide bonds. The molecule has 1 fully saturated rings. The van der Waals surface area contributed by atoms with Crippen LogP contribution in [0.4, 0.5) is 0 Å². The topological polar surface area (TPSA) is 80.4 Å². The molecule has 4 rings (SSSR count). The van der Waals surface area contributed by atoms with Crippen LogP contribution in [0.2, 0.25) is 0 Å². The molecule has 142 valence electrons. The van der Waals surface area contributed by atoms with Gasteiger partial charge in [-0.2, -0.15) is 9.78 Å². The van der Waals surface area contributed by atoms with Crippen molar-refractivity contribution in [2.75, 3.05) is 0 Å². The van der Waals surface area contributed by atoms with Crippen molar-refractivity contribution in [3.8, 4) is 0 Å². The molecule has 1 aliphatic heterocycles. The number of benzene rings is 1. The van der Waals surface area contributed by atoms with E-state index in [0.717, 1.165) is 35.9 Å². The lowest BCUT2D eigenvalue weighted by atomic mass is 9.86. The summed E-state index contributed by atoms with van der Waals surface area (Å²) in [6.07, 6.45) is 8.68. The largest absolute Gasteiger partial charge is 0.481 e. The van der Waals surface area contributed by atoms with Gasteiger partial charge < -0.3 is 5.11 Å². The van der Waals surface area contributed by atoms with E-state index in [1.54, 1.807) is 0 Å². The molecule has 6 nitrogen and oxygen atoms in total. The second-order valence-corrected chi connectivity index (χ2v) is 8.48. The van der Waals surface area contributed by atoms with E-state index >= 15 is 0 Å². The number of rotatable bonds is 6. The molecule has 0 radical (unpaired) electrons. The van der Waals surface area contributed by atoms with Crippen molar-refractivity contribution in [2.45, 2.75) is 61.8 Å². The standard InChI is InChI=1S/C20H24N4O2S/c25-18(26)13-16-19(15-9-5-2-6-10-15)23-24-17(21-22-20(24)27-16)12-11-14-7-3-1-4-8-14/h2,5-6,9-10,14,16H,1,3-4,7-8,11-13H2,(H,25,26)/t16-/m1/s1. The Morgan fingerprint density at radius 2 is 1.93 bits per heavy atom. The molecular formula is C20H24N4O2S. The Bertz CT molecular complexity index is 828. The lowest BCUT2D eigenvalue weighted by Crippen LogP contribution is -2.27. The summed E-state index contributed by atoms with van der Waals surface area (Å²) in [7, 11) is 0. The van der Waals surface area contributed by atoms with E-state index in [-0.39, 0.29) is 11.7 Å². The molecule has 0 saturated heterocycles. The van der Waals surface area contributed by atoms with E-state index in [1.165, 1.54) is 43.9 Å².